The molecule has 0 aliphatic carbocycles. The van der Waals surface area contributed by atoms with Gasteiger partial charge < -0.3 is 4.57 Å². The largest absolute Gasteiger partial charge is 0.309 e. The monoisotopic (exact) mass is 445 g/mol. The molecule has 3 nitrogen and oxygen atoms in total. The lowest BCUT2D eigenvalue weighted by molar-refractivity contribution is 1.18. The first-order chi connectivity index (χ1) is 17.3. The lowest BCUT2D eigenvalue weighted by Crippen LogP contribution is -1.94. The molecule has 0 amide bonds. The Balaban J connectivity index is 1.57. The van der Waals surface area contributed by atoms with E-state index in [0.29, 0.717) is 16.7 Å². The number of benzene rings is 5. The van der Waals surface area contributed by atoms with Crippen LogP contribution in [0.4, 0.5) is 0 Å². The molecule has 0 radical (unpaired) electrons. The molecular formula is C32H19N3. The number of hydrogen-bond acceptors (Lipinski definition) is 2. The van der Waals surface area contributed by atoms with Crippen LogP contribution in [-0.2, 0) is 0 Å². The highest BCUT2D eigenvalue weighted by Crippen LogP contribution is 2.36. The van der Waals surface area contributed by atoms with Crippen molar-refractivity contribution in [2.24, 2.45) is 0 Å². The molecule has 5 aromatic carbocycles. The second-order valence-electron chi connectivity index (χ2n) is 8.45. The van der Waals surface area contributed by atoms with Gasteiger partial charge in [0.2, 0.25) is 0 Å². The highest BCUT2D eigenvalue weighted by atomic mass is 15.0. The molecule has 1 heterocycles. The number of nitriles is 2. The van der Waals surface area contributed by atoms with Crippen molar-refractivity contribution in [1.29, 1.82) is 10.5 Å². The fourth-order valence-corrected chi connectivity index (χ4v) is 4.89. The quantitative estimate of drug-likeness (QED) is 0.278. The summed E-state index contributed by atoms with van der Waals surface area (Å²) in [7, 11) is 0. The first-order valence-electron chi connectivity index (χ1n) is 11.4. The van der Waals surface area contributed by atoms with Gasteiger partial charge in [-0.1, -0.05) is 72.8 Å². The van der Waals surface area contributed by atoms with E-state index >= 15 is 0 Å². The SMILES string of the molecule is N#Cc1cccc(C#N)c1-c1ccc2c(c1)c1ccccc1n2-c1ccc(-c2ccccc2)cc1. The summed E-state index contributed by atoms with van der Waals surface area (Å²) in [6.45, 7) is 0. The smallest absolute Gasteiger partial charge is 0.0998 e. The summed E-state index contributed by atoms with van der Waals surface area (Å²) in [6, 6.07) is 43.3. The normalized spacial score (nSPS) is 10.8. The average molecular weight is 446 g/mol. The molecule has 0 aliphatic heterocycles. The summed E-state index contributed by atoms with van der Waals surface area (Å²) < 4.78 is 2.27. The zero-order valence-electron chi connectivity index (χ0n) is 18.8. The molecular weight excluding hydrogens is 426 g/mol. The van der Waals surface area contributed by atoms with Crippen LogP contribution in [0.15, 0.2) is 115 Å². The zero-order valence-corrected chi connectivity index (χ0v) is 18.8. The first kappa shape index (κ1) is 20.5. The van der Waals surface area contributed by atoms with E-state index in [1.54, 1.807) is 18.2 Å². The van der Waals surface area contributed by atoms with Crippen LogP contribution < -0.4 is 0 Å². The average Bonchev–Trinajstić information content (AvgIpc) is 3.26. The summed E-state index contributed by atoms with van der Waals surface area (Å²) in [5.74, 6) is 0. The van der Waals surface area contributed by atoms with Crippen molar-refractivity contribution in [2.75, 3.05) is 0 Å². The minimum Gasteiger partial charge on any atom is -0.309 e. The third-order valence-corrected chi connectivity index (χ3v) is 6.50. The van der Waals surface area contributed by atoms with Crippen molar-refractivity contribution in [3.63, 3.8) is 0 Å². The molecule has 0 bridgehead atoms. The summed E-state index contributed by atoms with van der Waals surface area (Å²) >= 11 is 0. The number of para-hydroxylation sites is 1. The van der Waals surface area contributed by atoms with Crippen LogP contribution in [0.1, 0.15) is 11.1 Å². The Bertz CT molecular complexity index is 1760. The third kappa shape index (κ3) is 3.35. The zero-order chi connectivity index (χ0) is 23.8. The number of nitrogens with zero attached hydrogens (tertiary/aromatic N) is 3. The molecule has 3 heteroatoms. The number of fused-ring (bicyclic) bond motifs is 3. The molecule has 0 aliphatic rings. The van der Waals surface area contributed by atoms with Crippen LogP contribution in [-0.4, -0.2) is 4.57 Å². The number of aromatic nitrogens is 1. The second-order valence-corrected chi connectivity index (χ2v) is 8.45. The van der Waals surface area contributed by atoms with Gasteiger partial charge in [0.15, 0.2) is 0 Å². The molecule has 0 atom stereocenters. The number of rotatable bonds is 3. The van der Waals surface area contributed by atoms with Crippen molar-refractivity contribution < 1.29 is 0 Å². The van der Waals surface area contributed by atoms with Crippen LogP contribution in [0.25, 0.3) is 49.7 Å². The highest BCUT2D eigenvalue weighted by molar-refractivity contribution is 6.10. The van der Waals surface area contributed by atoms with E-state index in [1.807, 2.05) is 18.2 Å². The van der Waals surface area contributed by atoms with Crippen LogP contribution in [0.5, 0.6) is 0 Å². The van der Waals surface area contributed by atoms with Crippen LogP contribution in [0.3, 0.4) is 0 Å². The molecule has 1 aromatic heterocycles. The minimum absolute atomic E-state index is 0.503. The van der Waals surface area contributed by atoms with Gasteiger partial charge in [-0.05, 0) is 59.2 Å². The van der Waals surface area contributed by atoms with Crippen molar-refractivity contribution in [2.45, 2.75) is 0 Å². The minimum atomic E-state index is 0.503. The maximum Gasteiger partial charge on any atom is 0.0998 e. The van der Waals surface area contributed by atoms with Crippen LogP contribution >= 0.6 is 0 Å². The molecule has 0 unspecified atom stereocenters. The Labute approximate surface area is 203 Å². The summed E-state index contributed by atoms with van der Waals surface area (Å²) in [6.07, 6.45) is 0. The topological polar surface area (TPSA) is 52.5 Å². The van der Waals surface area contributed by atoms with Gasteiger partial charge in [0.05, 0.1) is 34.3 Å². The molecule has 0 fully saturated rings. The van der Waals surface area contributed by atoms with Gasteiger partial charge in [0, 0.05) is 22.0 Å². The van der Waals surface area contributed by atoms with Crippen LogP contribution in [0, 0.1) is 22.7 Å². The van der Waals surface area contributed by atoms with E-state index in [9.17, 15) is 10.5 Å². The van der Waals surface area contributed by atoms with Gasteiger partial charge in [0.1, 0.15) is 0 Å². The fourth-order valence-electron chi connectivity index (χ4n) is 4.89. The molecule has 6 aromatic rings. The Hall–Kier alpha value is -5.12. The number of hydrogen-bond donors (Lipinski definition) is 0. The summed E-state index contributed by atoms with van der Waals surface area (Å²) in [4.78, 5) is 0. The third-order valence-electron chi connectivity index (χ3n) is 6.50. The molecule has 6 rings (SSSR count). The van der Waals surface area contributed by atoms with E-state index in [-0.39, 0.29) is 0 Å². The Morgan fingerprint density at radius 2 is 1.09 bits per heavy atom. The molecule has 0 saturated heterocycles. The van der Waals surface area contributed by atoms with Gasteiger partial charge in [0.25, 0.3) is 0 Å². The van der Waals surface area contributed by atoms with E-state index in [2.05, 4.69) is 95.6 Å². The van der Waals surface area contributed by atoms with E-state index in [4.69, 9.17) is 0 Å². The van der Waals surface area contributed by atoms with Gasteiger partial charge in [-0.25, -0.2) is 0 Å². The standard InChI is InChI=1S/C32H19N3/c33-20-25-9-6-10-26(21-34)32(25)24-15-18-31-29(19-24)28-11-4-5-12-30(28)35(31)27-16-13-23(14-17-27)22-7-2-1-3-8-22/h1-19H. The van der Waals surface area contributed by atoms with Crippen molar-refractivity contribution in [3.05, 3.63) is 126 Å². The fraction of sp³-hybridized carbons (Fsp3) is 0. The van der Waals surface area contributed by atoms with E-state index < -0.39 is 0 Å². The van der Waals surface area contributed by atoms with E-state index in [0.717, 1.165) is 33.1 Å². The van der Waals surface area contributed by atoms with Crippen molar-refractivity contribution >= 4 is 21.8 Å². The van der Waals surface area contributed by atoms with E-state index in [1.165, 1.54) is 11.1 Å². The lowest BCUT2D eigenvalue weighted by Gasteiger charge is -2.10. The van der Waals surface area contributed by atoms with Gasteiger partial charge >= 0.3 is 0 Å². The predicted octanol–water partition coefficient (Wildman–Crippen LogP) is 7.86. The van der Waals surface area contributed by atoms with Gasteiger partial charge in [-0.3, -0.25) is 0 Å². The first-order valence-corrected chi connectivity index (χ1v) is 11.4. The molecule has 0 N–H and O–H groups in total. The van der Waals surface area contributed by atoms with Crippen molar-refractivity contribution in [3.8, 4) is 40.1 Å². The molecule has 162 valence electrons. The Morgan fingerprint density at radius 3 is 1.80 bits per heavy atom. The van der Waals surface area contributed by atoms with Crippen LogP contribution in [0.2, 0.25) is 0 Å². The molecule has 0 spiro atoms. The molecule has 35 heavy (non-hydrogen) atoms. The summed E-state index contributed by atoms with van der Waals surface area (Å²) in [5.41, 5.74) is 8.20. The lowest BCUT2D eigenvalue weighted by atomic mass is 9.94. The Morgan fingerprint density at radius 1 is 0.486 bits per heavy atom. The van der Waals surface area contributed by atoms with Gasteiger partial charge in [-0.15, -0.1) is 0 Å². The second kappa shape index (κ2) is 8.34. The summed E-state index contributed by atoms with van der Waals surface area (Å²) in [5, 5.41) is 21.6. The highest BCUT2D eigenvalue weighted by Gasteiger charge is 2.16. The Kier molecular flexibility index (Phi) is 4.88. The van der Waals surface area contributed by atoms with Gasteiger partial charge in [-0.2, -0.15) is 10.5 Å². The maximum atomic E-state index is 9.68. The predicted molar refractivity (Wildman–Crippen MR) is 141 cm³/mol. The molecule has 0 saturated carbocycles. The van der Waals surface area contributed by atoms with Crippen molar-refractivity contribution in [1.82, 2.24) is 4.57 Å². The maximum absolute atomic E-state index is 9.68.